The van der Waals surface area contributed by atoms with Crippen LogP contribution in [0.1, 0.15) is 16.7 Å². The van der Waals surface area contributed by atoms with Crippen molar-refractivity contribution in [1.29, 1.82) is 0 Å². The summed E-state index contributed by atoms with van der Waals surface area (Å²) in [6, 6.07) is 13.7. The summed E-state index contributed by atoms with van der Waals surface area (Å²) in [4.78, 5) is 0. The molecule has 0 heterocycles. The number of halogens is 1. The van der Waals surface area contributed by atoms with E-state index in [1.807, 2.05) is 13.0 Å². The summed E-state index contributed by atoms with van der Waals surface area (Å²) < 4.78 is 14.4. The van der Waals surface area contributed by atoms with Crippen molar-refractivity contribution in [2.24, 2.45) is 0 Å². The van der Waals surface area contributed by atoms with Crippen LogP contribution in [-0.2, 0) is 12.8 Å². The molecule has 3 aromatic carbocycles. The molecule has 2 N–H and O–H groups in total. The van der Waals surface area contributed by atoms with E-state index in [1.54, 1.807) is 6.07 Å². The predicted octanol–water partition coefficient (Wildman–Crippen LogP) is 4.64. The Morgan fingerprint density at radius 2 is 1.71 bits per heavy atom. The van der Waals surface area contributed by atoms with E-state index in [4.69, 9.17) is 5.73 Å². The van der Waals surface area contributed by atoms with Crippen molar-refractivity contribution in [2.45, 2.75) is 19.8 Å². The van der Waals surface area contributed by atoms with Crippen LogP contribution in [0.5, 0.6) is 0 Å². The van der Waals surface area contributed by atoms with Gasteiger partial charge in [0.2, 0.25) is 0 Å². The molecule has 1 aliphatic rings. The Morgan fingerprint density at radius 3 is 2.52 bits per heavy atom. The van der Waals surface area contributed by atoms with Crippen LogP contribution in [0.25, 0.3) is 21.9 Å². The maximum Gasteiger partial charge on any atom is 0.131 e. The number of benzene rings is 3. The van der Waals surface area contributed by atoms with Gasteiger partial charge in [-0.15, -0.1) is 0 Å². The van der Waals surface area contributed by atoms with Crippen LogP contribution in [0, 0.1) is 12.7 Å². The van der Waals surface area contributed by atoms with Crippen molar-refractivity contribution < 1.29 is 4.39 Å². The first-order valence-corrected chi connectivity index (χ1v) is 7.24. The molecule has 0 aliphatic heterocycles. The van der Waals surface area contributed by atoms with E-state index in [0.717, 1.165) is 29.4 Å². The summed E-state index contributed by atoms with van der Waals surface area (Å²) in [6.45, 7) is 1.83. The Morgan fingerprint density at radius 1 is 0.952 bits per heavy atom. The van der Waals surface area contributed by atoms with E-state index in [9.17, 15) is 4.39 Å². The molecule has 0 saturated heterocycles. The molecule has 4 rings (SSSR count). The Kier molecular flexibility index (Phi) is 2.55. The molecule has 0 atom stereocenters. The van der Waals surface area contributed by atoms with E-state index >= 15 is 0 Å². The molecule has 0 radical (unpaired) electrons. The number of rotatable bonds is 1. The molecule has 0 unspecified atom stereocenters. The van der Waals surface area contributed by atoms with Crippen LogP contribution >= 0.6 is 0 Å². The van der Waals surface area contributed by atoms with Crippen molar-refractivity contribution >= 4 is 16.5 Å². The minimum Gasteiger partial charge on any atom is -0.398 e. The summed E-state index contributed by atoms with van der Waals surface area (Å²) in [7, 11) is 0. The number of anilines is 1. The molecular weight excluding hydrogens is 261 g/mol. The second-order valence-electron chi connectivity index (χ2n) is 5.80. The lowest BCUT2D eigenvalue weighted by Gasteiger charge is -2.12. The average Bonchev–Trinajstić information content (AvgIpc) is 2.89. The maximum absolute atomic E-state index is 14.4. The third kappa shape index (κ3) is 1.75. The van der Waals surface area contributed by atoms with Gasteiger partial charge in [-0.25, -0.2) is 4.39 Å². The van der Waals surface area contributed by atoms with Crippen LogP contribution in [0.3, 0.4) is 0 Å². The number of hydrogen-bond donors (Lipinski definition) is 1. The Hall–Kier alpha value is -2.35. The third-order valence-corrected chi connectivity index (χ3v) is 4.52. The molecule has 0 aromatic heterocycles. The van der Waals surface area contributed by atoms with Crippen molar-refractivity contribution in [3.63, 3.8) is 0 Å². The Balaban J connectivity index is 2.07. The van der Waals surface area contributed by atoms with Crippen molar-refractivity contribution in [3.8, 4) is 11.1 Å². The van der Waals surface area contributed by atoms with Gasteiger partial charge in [0.15, 0.2) is 0 Å². The molecular formula is C19H16FN. The van der Waals surface area contributed by atoms with Gasteiger partial charge in [0.1, 0.15) is 5.82 Å². The van der Waals surface area contributed by atoms with Crippen molar-refractivity contribution in [2.75, 3.05) is 5.73 Å². The highest BCUT2D eigenvalue weighted by molar-refractivity contribution is 6.01. The summed E-state index contributed by atoms with van der Waals surface area (Å²) in [6.07, 6.45) is 2.16. The SMILES string of the molecule is Cc1cc(F)c(-c2ccc3c4c(cccc24)CC3)cc1N. The van der Waals surface area contributed by atoms with E-state index in [1.165, 1.54) is 22.6 Å². The highest BCUT2D eigenvalue weighted by Crippen LogP contribution is 2.38. The second-order valence-corrected chi connectivity index (χ2v) is 5.80. The summed E-state index contributed by atoms with van der Waals surface area (Å²) >= 11 is 0. The molecule has 0 bridgehead atoms. The minimum atomic E-state index is -0.208. The van der Waals surface area contributed by atoms with Crippen LogP contribution < -0.4 is 5.73 Å². The Labute approximate surface area is 123 Å². The quantitative estimate of drug-likeness (QED) is 0.644. The van der Waals surface area contributed by atoms with Crippen LogP contribution in [0.4, 0.5) is 10.1 Å². The first-order chi connectivity index (χ1) is 10.1. The van der Waals surface area contributed by atoms with E-state index in [0.29, 0.717) is 11.3 Å². The van der Waals surface area contributed by atoms with Gasteiger partial charge in [-0.05, 0) is 64.9 Å². The zero-order chi connectivity index (χ0) is 14.6. The lowest BCUT2D eigenvalue weighted by Crippen LogP contribution is -1.94. The summed E-state index contributed by atoms with van der Waals surface area (Å²) in [5.74, 6) is -0.208. The van der Waals surface area contributed by atoms with Gasteiger partial charge in [-0.3, -0.25) is 0 Å². The van der Waals surface area contributed by atoms with Crippen LogP contribution in [-0.4, -0.2) is 0 Å². The van der Waals surface area contributed by atoms with Gasteiger partial charge in [0.25, 0.3) is 0 Å². The molecule has 2 heteroatoms. The van der Waals surface area contributed by atoms with Gasteiger partial charge in [-0.2, -0.15) is 0 Å². The number of hydrogen-bond acceptors (Lipinski definition) is 1. The topological polar surface area (TPSA) is 26.0 Å². The van der Waals surface area contributed by atoms with Gasteiger partial charge in [-0.1, -0.05) is 30.3 Å². The van der Waals surface area contributed by atoms with E-state index in [-0.39, 0.29) is 5.82 Å². The normalized spacial score (nSPS) is 13.0. The summed E-state index contributed by atoms with van der Waals surface area (Å²) in [5, 5.41) is 2.43. The third-order valence-electron chi connectivity index (χ3n) is 4.52. The first kappa shape index (κ1) is 12.4. The molecule has 104 valence electrons. The number of nitrogen functional groups attached to an aromatic ring is 1. The first-order valence-electron chi connectivity index (χ1n) is 7.24. The lowest BCUT2D eigenvalue weighted by molar-refractivity contribution is 0.630. The number of aryl methyl sites for hydroxylation is 3. The van der Waals surface area contributed by atoms with Gasteiger partial charge in [0, 0.05) is 11.3 Å². The molecule has 0 spiro atoms. The molecule has 3 aromatic rings. The maximum atomic E-state index is 14.4. The van der Waals surface area contributed by atoms with Crippen LogP contribution in [0.15, 0.2) is 42.5 Å². The average molecular weight is 277 g/mol. The van der Waals surface area contributed by atoms with Gasteiger partial charge < -0.3 is 5.73 Å². The van der Waals surface area contributed by atoms with Crippen molar-refractivity contribution in [3.05, 3.63) is 65.0 Å². The smallest absolute Gasteiger partial charge is 0.131 e. The highest BCUT2D eigenvalue weighted by Gasteiger charge is 2.18. The zero-order valence-corrected chi connectivity index (χ0v) is 11.9. The molecule has 1 aliphatic carbocycles. The van der Waals surface area contributed by atoms with E-state index < -0.39 is 0 Å². The van der Waals surface area contributed by atoms with Gasteiger partial charge >= 0.3 is 0 Å². The Bertz CT molecular complexity index is 870. The van der Waals surface area contributed by atoms with Crippen LogP contribution in [0.2, 0.25) is 0 Å². The molecule has 21 heavy (non-hydrogen) atoms. The fourth-order valence-corrected chi connectivity index (χ4v) is 3.38. The van der Waals surface area contributed by atoms with E-state index in [2.05, 4.69) is 24.3 Å². The molecule has 0 saturated carbocycles. The largest absolute Gasteiger partial charge is 0.398 e. The standard InChI is InChI=1S/C19H16FN/c1-11-9-17(20)16(10-18(11)21)14-8-7-13-6-5-12-3-2-4-15(14)19(12)13/h2-4,7-10H,5-6,21H2,1H3. The fraction of sp³-hybridized carbons (Fsp3) is 0.158. The monoisotopic (exact) mass is 277 g/mol. The zero-order valence-electron chi connectivity index (χ0n) is 11.9. The summed E-state index contributed by atoms with van der Waals surface area (Å²) in [5.41, 5.74) is 11.6. The fourth-order valence-electron chi connectivity index (χ4n) is 3.38. The minimum absolute atomic E-state index is 0.208. The highest BCUT2D eigenvalue weighted by atomic mass is 19.1. The second kappa shape index (κ2) is 4.32. The molecule has 1 nitrogen and oxygen atoms in total. The lowest BCUT2D eigenvalue weighted by atomic mass is 9.94. The predicted molar refractivity (Wildman–Crippen MR) is 85.9 cm³/mol. The van der Waals surface area contributed by atoms with Crippen molar-refractivity contribution in [1.82, 2.24) is 0 Å². The van der Waals surface area contributed by atoms with Gasteiger partial charge in [0.05, 0.1) is 0 Å². The molecule has 0 amide bonds. The molecule has 0 fully saturated rings. The number of nitrogens with two attached hydrogens (primary N) is 1.